The summed E-state index contributed by atoms with van der Waals surface area (Å²) in [6.45, 7) is 4.83. The van der Waals surface area contributed by atoms with Gasteiger partial charge in [0.1, 0.15) is 12.2 Å². The van der Waals surface area contributed by atoms with E-state index in [0.717, 1.165) is 0 Å². The maximum Gasteiger partial charge on any atom is 0.103 e. The molecule has 23 heavy (non-hydrogen) atoms. The van der Waals surface area contributed by atoms with Crippen molar-refractivity contribution in [1.29, 1.82) is 0 Å². The third-order valence-corrected chi connectivity index (χ3v) is 6.95. The number of hydrogen-bond acceptors (Lipinski definition) is 1. The Hall–Kier alpha value is -2.12. The highest BCUT2D eigenvalue weighted by atomic mass is 16.5. The van der Waals surface area contributed by atoms with Gasteiger partial charge in [-0.3, -0.25) is 0 Å². The van der Waals surface area contributed by atoms with Crippen LogP contribution < -0.4 is 0 Å². The Labute approximate surface area is 136 Å². The van der Waals surface area contributed by atoms with E-state index in [1.807, 2.05) is 0 Å². The Balaban J connectivity index is 1.76. The number of hydrogen-bond donors (Lipinski definition) is 0. The Morgan fingerprint density at radius 2 is 1.61 bits per heavy atom. The molecule has 6 rings (SSSR count). The molecule has 1 nitrogen and oxygen atoms in total. The lowest BCUT2D eigenvalue weighted by atomic mass is 9.45. The van der Waals surface area contributed by atoms with Gasteiger partial charge in [-0.05, 0) is 33.4 Å². The van der Waals surface area contributed by atoms with Crippen molar-refractivity contribution in [3.63, 3.8) is 0 Å². The van der Waals surface area contributed by atoms with Gasteiger partial charge in [0.05, 0.1) is 0 Å². The fourth-order valence-corrected chi connectivity index (χ4v) is 5.47. The highest BCUT2D eigenvalue weighted by molar-refractivity contribution is 5.72. The zero-order valence-electron chi connectivity index (χ0n) is 13.3. The van der Waals surface area contributed by atoms with Crippen molar-refractivity contribution < 1.29 is 4.74 Å². The Morgan fingerprint density at radius 3 is 2.52 bits per heavy atom. The zero-order valence-corrected chi connectivity index (χ0v) is 13.3. The van der Waals surface area contributed by atoms with Crippen LogP contribution in [-0.4, -0.2) is 12.2 Å². The predicted molar refractivity (Wildman–Crippen MR) is 91.7 cm³/mol. The quantitative estimate of drug-likeness (QED) is 0.598. The molecule has 6 aliphatic rings. The first-order chi connectivity index (χ1) is 11.1. The number of fused-ring (bicyclic) bond motifs is 5. The van der Waals surface area contributed by atoms with E-state index in [1.165, 1.54) is 33.4 Å². The molecule has 112 valence electrons. The van der Waals surface area contributed by atoms with E-state index in [2.05, 4.69) is 74.6 Å². The van der Waals surface area contributed by atoms with Crippen LogP contribution in [0.5, 0.6) is 0 Å². The molecule has 0 aromatic carbocycles. The Bertz CT molecular complexity index is 927. The van der Waals surface area contributed by atoms with Crippen molar-refractivity contribution in [2.45, 2.75) is 26.1 Å². The minimum atomic E-state index is -0.0110. The van der Waals surface area contributed by atoms with E-state index in [4.69, 9.17) is 4.74 Å². The standard InChI is InChI=1S/C22H18O/c1-21-13-4-3-5-14(21)8-9-17-20-16(18-10-11-19(20)23-18)12-15(7-6-13)22(17,21)2/h3-12,18-19H,1-2H3/t18-,19+,21-,22-/m0/s1. The third-order valence-electron chi connectivity index (χ3n) is 6.95. The van der Waals surface area contributed by atoms with Gasteiger partial charge in [-0.1, -0.05) is 74.6 Å². The lowest BCUT2D eigenvalue weighted by Crippen LogP contribution is -2.48. The van der Waals surface area contributed by atoms with E-state index in [9.17, 15) is 0 Å². The zero-order chi connectivity index (χ0) is 15.4. The molecule has 0 aromatic rings. The van der Waals surface area contributed by atoms with Gasteiger partial charge in [0.15, 0.2) is 0 Å². The molecule has 2 heterocycles. The van der Waals surface area contributed by atoms with Gasteiger partial charge in [-0.15, -0.1) is 0 Å². The predicted octanol–water partition coefficient (Wildman–Crippen LogP) is 4.51. The molecule has 4 atom stereocenters. The number of rotatable bonds is 0. The molecule has 0 unspecified atom stereocenters. The number of allylic oxidation sites excluding steroid dienone is 12. The van der Waals surface area contributed by atoms with Crippen LogP contribution in [0.25, 0.3) is 0 Å². The maximum absolute atomic E-state index is 6.14. The number of ether oxygens (including phenoxy) is 1. The van der Waals surface area contributed by atoms with Crippen LogP contribution in [0.1, 0.15) is 13.8 Å². The minimum absolute atomic E-state index is 0.0104. The second-order valence-electron chi connectivity index (χ2n) is 7.60. The van der Waals surface area contributed by atoms with Crippen LogP contribution in [-0.2, 0) is 4.74 Å². The third kappa shape index (κ3) is 1.10. The molecular weight excluding hydrogens is 280 g/mol. The molecule has 0 amide bonds. The first kappa shape index (κ1) is 12.3. The monoisotopic (exact) mass is 298 g/mol. The molecule has 4 aliphatic carbocycles. The molecule has 0 spiro atoms. The van der Waals surface area contributed by atoms with Gasteiger partial charge in [-0.2, -0.15) is 0 Å². The van der Waals surface area contributed by atoms with Crippen LogP contribution >= 0.6 is 0 Å². The summed E-state index contributed by atoms with van der Waals surface area (Å²) in [4.78, 5) is 0. The van der Waals surface area contributed by atoms with Crippen LogP contribution in [0.15, 0.2) is 94.2 Å². The van der Waals surface area contributed by atoms with Gasteiger partial charge >= 0.3 is 0 Å². The van der Waals surface area contributed by atoms with Crippen molar-refractivity contribution in [3.8, 4) is 0 Å². The molecular formula is C22H18O. The highest BCUT2D eigenvalue weighted by Gasteiger charge is 2.58. The summed E-state index contributed by atoms with van der Waals surface area (Å²) < 4.78 is 6.14. The van der Waals surface area contributed by atoms with Crippen molar-refractivity contribution in [1.82, 2.24) is 0 Å². The lowest BCUT2D eigenvalue weighted by molar-refractivity contribution is 0.138. The van der Waals surface area contributed by atoms with Gasteiger partial charge in [0.2, 0.25) is 0 Å². The van der Waals surface area contributed by atoms with Gasteiger partial charge in [0.25, 0.3) is 0 Å². The highest BCUT2D eigenvalue weighted by Crippen LogP contribution is 2.67. The molecule has 1 fully saturated rings. The second kappa shape index (κ2) is 3.52. The average molecular weight is 298 g/mol. The SMILES string of the molecule is C[C@@]12C3=CC=CC1=CC=C1C=C4C(=C(C=C3)[C@]12C)[C@H]1C=C[C@@H]4O1. The van der Waals surface area contributed by atoms with Gasteiger partial charge < -0.3 is 4.74 Å². The van der Waals surface area contributed by atoms with E-state index in [1.54, 1.807) is 0 Å². The molecule has 2 bridgehead atoms. The summed E-state index contributed by atoms with van der Waals surface area (Å²) in [6.07, 6.45) is 23.2. The van der Waals surface area contributed by atoms with E-state index < -0.39 is 0 Å². The molecule has 0 N–H and O–H groups in total. The molecule has 1 heteroatoms. The fourth-order valence-electron chi connectivity index (χ4n) is 5.47. The van der Waals surface area contributed by atoms with Crippen LogP contribution in [0.2, 0.25) is 0 Å². The Morgan fingerprint density at radius 1 is 0.826 bits per heavy atom. The summed E-state index contributed by atoms with van der Waals surface area (Å²) in [7, 11) is 0. The largest absolute Gasteiger partial charge is 0.357 e. The van der Waals surface area contributed by atoms with E-state index in [-0.39, 0.29) is 23.0 Å². The summed E-state index contributed by atoms with van der Waals surface area (Å²) in [5, 5.41) is 0. The van der Waals surface area contributed by atoms with E-state index in [0.29, 0.717) is 0 Å². The average Bonchev–Trinajstić information content (AvgIpc) is 3.14. The summed E-state index contributed by atoms with van der Waals surface area (Å²) in [5.41, 5.74) is 8.51. The Kier molecular flexibility index (Phi) is 1.88. The first-order valence-electron chi connectivity index (χ1n) is 8.44. The lowest BCUT2D eigenvalue weighted by Gasteiger charge is -2.56. The molecule has 1 saturated heterocycles. The molecule has 2 aliphatic heterocycles. The molecule has 0 radical (unpaired) electrons. The summed E-state index contributed by atoms with van der Waals surface area (Å²) >= 11 is 0. The maximum atomic E-state index is 6.14. The smallest absolute Gasteiger partial charge is 0.103 e. The van der Waals surface area contributed by atoms with Gasteiger partial charge in [0, 0.05) is 10.8 Å². The fraction of sp³-hybridized carbons (Fsp3) is 0.273. The topological polar surface area (TPSA) is 9.23 Å². The normalized spacial score (nSPS) is 43.7. The first-order valence-corrected chi connectivity index (χ1v) is 8.44. The molecule has 0 aromatic heterocycles. The van der Waals surface area contributed by atoms with E-state index >= 15 is 0 Å². The van der Waals surface area contributed by atoms with Crippen molar-refractivity contribution in [3.05, 3.63) is 94.2 Å². The molecule has 0 saturated carbocycles. The summed E-state index contributed by atoms with van der Waals surface area (Å²) in [5.74, 6) is 0. The van der Waals surface area contributed by atoms with Crippen molar-refractivity contribution in [2.75, 3.05) is 0 Å². The van der Waals surface area contributed by atoms with Crippen molar-refractivity contribution in [2.24, 2.45) is 10.8 Å². The van der Waals surface area contributed by atoms with Crippen LogP contribution in [0.3, 0.4) is 0 Å². The summed E-state index contributed by atoms with van der Waals surface area (Å²) in [6, 6.07) is 0. The van der Waals surface area contributed by atoms with Gasteiger partial charge in [-0.25, -0.2) is 0 Å². The second-order valence-corrected chi connectivity index (χ2v) is 7.60. The van der Waals surface area contributed by atoms with Crippen molar-refractivity contribution >= 4 is 0 Å². The van der Waals surface area contributed by atoms with Crippen LogP contribution in [0.4, 0.5) is 0 Å². The minimum Gasteiger partial charge on any atom is -0.357 e. The van der Waals surface area contributed by atoms with Crippen LogP contribution in [0, 0.1) is 10.8 Å².